The molecule has 3 aromatic rings. The predicted octanol–water partition coefficient (Wildman–Crippen LogP) is 4.87. The van der Waals surface area contributed by atoms with Crippen molar-refractivity contribution < 1.29 is 27.5 Å². The van der Waals surface area contributed by atoms with Crippen molar-refractivity contribution in [2.24, 2.45) is 5.92 Å². The Hall–Kier alpha value is -3.60. The van der Waals surface area contributed by atoms with Crippen LogP contribution in [0.25, 0.3) is 11.1 Å². The first-order valence-electron chi connectivity index (χ1n) is 12.2. The second kappa shape index (κ2) is 11.0. The number of benzene rings is 1. The molecular formula is C26H27ClF3N5O3. The van der Waals surface area contributed by atoms with Gasteiger partial charge in [-0.1, -0.05) is 11.6 Å². The van der Waals surface area contributed by atoms with Crippen LogP contribution in [0.4, 0.5) is 18.9 Å². The van der Waals surface area contributed by atoms with Crippen molar-refractivity contribution in [2.75, 3.05) is 5.32 Å². The van der Waals surface area contributed by atoms with Crippen LogP contribution in [0.1, 0.15) is 48.8 Å². The molecule has 1 aliphatic rings. The number of hydrogen-bond acceptors (Lipinski definition) is 4. The third-order valence-electron chi connectivity index (χ3n) is 6.84. The average Bonchev–Trinajstić information content (AvgIpc) is 3.35. The van der Waals surface area contributed by atoms with Crippen LogP contribution < -0.4 is 15.4 Å². The van der Waals surface area contributed by atoms with E-state index < -0.39 is 48.4 Å². The second-order valence-corrected chi connectivity index (χ2v) is 9.72. The lowest BCUT2D eigenvalue weighted by molar-refractivity contribution is -0.611. The van der Waals surface area contributed by atoms with Gasteiger partial charge in [0, 0.05) is 49.8 Å². The molecule has 1 unspecified atom stereocenters. The van der Waals surface area contributed by atoms with Gasteiger partial charge in [0.25, 0.3) is 5.91 Å². The molecule has 0 saturated heterocycles. The number of amides is 2. The molecule has 2 N–H and O–H groups in total. The molecule has 0 spiro atoms. The number of hydrogen-bond donors (Lipinski definition) is 2. The maximum absolute atomic E-state index is 15.1. The molecule has 0 radical (unpaired) electrons. The van der Waals surface area contributed by atoms with Crippen LogP contribution in [0.3, 0.4) is 0 Å². The molecule has 1 atom stereocenters. The van der Waals surface area contributed by atoms with Crippen molar-refractivity contribution in [1.29, 1.82) is 0 Å². The minimum Gasteiger partial charge on any atom is -0.618 e. The number of alkyl halides is 2. The van der Waals surface area contributed by atoms with Gasteiger partial charge in [-0.2, -0.15) is 9.83 Å². The fourth-order valence-corrected chi connectivity index (χ4v) is 5.03. The van der Waals surface area contributed by atoms with Gasteiger partial charge in [0.05, 0.1) is 10.6 Å². The summed E-state index contributed by atoms with van der Waals surface area (Å²) in [6.45, 7) is 3.73. The molecule has 1 aliphatic carbocycles. The lowest BCUT2D eigenvalue weighted by Gasteiger charge is -2.33. The third-order valence-corrected chi connectivity index (χ3v) is 7.16. The van der Waals surface area contributed by atoms with Crippen molar-refractivity contribution in [3.63, 3.8) is 0 Å². The molecule has 2 amide bonds. The number of anilines is 1. The van der Waals surface area contributed by atoms with Crippen molar-refractivity contribution >= 4 is 29.1 Å². The molecule has 4 rings (SSSR count). The van der Waals surface area contributed by atoms with Gasteiger partial charge >= 0.3 is 0 Å². The summed E-state index contributed by atoms with van der Waals surface area (Å²) in [5.41, 5.74) is 0.821. The SMILES string of the molecule is CCn1nccc1C(=O)NC(C(=O)Nc1ccc(-c2c(Cl)cc[n+]([O-])c2C)c(F)c1)C1CCC(F)(F)CC1. The number of nitrogens with one attached hydrogen (secondary N) is 2. The Kier molecular flexibility index (Phi) is 7.96. The van der Waals surface area contributed by atoms with E-state index in [1.165, 1.54) is 48.3 Å². The Balaban J connectivity index is 1.58. The molecule has 202 valence electrons. The van der Waals surface area contributed by atoms with E-state index in [2.05, 4.69) is 15.7 Å². The quantitative estimate of drug-likeness (QED) is 0.324. The highest BCUT2D eigenvalue weighted by atomic mass is 35.5. The smallest absolute Gasteiger partial charge is 0.270 e. The first kappa shape index (κ1) is 27.4. The summed E-state index contributed by atoms with van der Waals surface area (Å²) in [4.78, 5) is 26.3. The average molecular weight is 550 g/mol. The van der Waals surface area contributed by atoms with Crippen molar-refractivity contribution in [1.82, 2.24) is 15.1 Å². The molecule has 1 saturated carbocycles. The van der Waals surface area contributed by atoms with Crippen molar-refractivity contribution in [3.05, 3.63) is 70.2 Å². The van der Waals surface area contributed by atoms with E-state index in [1.807, 2.05) is 0 Å². The summed E-state index contributed by atoms with van der Waals surface area (Å²) in [6, 6.07) is 5.62. The van der Waals surface area contributed by atoms with Gasteiger partial charge < -0.3 is 15.8 Å². The Morgan fingerprint density at radius 2 is 1.97 bits per heavy atom. The van der Waals surface area contributed by atoms with Crippen LogP contribution in [-0.2, 0) is 11.3 Å². The van der Waals surface area contributed by atoms with Crippen molar-refractivity contribution in [2.45, 2.75) is 58.0 Å². The topological polar surface area (TPSA) is 103 Å². The predicted molar refractivity (Wildman–Crippen MR) is 135 cm³/mol. The molecule has 38 heavy (non-hydrogen) atoms. The first-order chi connectivity index (χ1) is 18.0. The van der Waals surface area contributed by atoms with E-state index in [0.29, 0.717) is 11.3 Å². The van der Waals surface area contributed by atoms with E-state index in [1.54, 1.807) is 6.92 Å². The summed E-state index contributed by atoms with van der Waals surface area (Å²) in [5.74, 6) is -5.32. The second-order valence-electron chi connectivity index (χ2n) is 9.31. The summed E-state index contributed by atoms with van der Waals surface area (Å²) in [7, 11) is 0. The molecule has 0 bridgehead atoms. The van der Waals surface area contributed by atoms with Crippen LogP contribution in [0.15, 0.2) is 42.7 Å². The summed E-state index contributed by atoms with van der Waals surface area (Å²) in [6.07, 6.45) is 1.94. The number of aryl methyl sites for hydroxylation is 1. The number of rotatable bonds is 7. The molecule has 1 aromatic carbocycles. The first-order valence-corrected chi connectivity index (χ1v) is 12.6. The zero-order chi connectivity index (χ0) is 27.6. The van der Waals surface area contributed by atoms with Gasteiger partial charge in [-0.25, -0.2) is 13.2 Å². The van der Waals surface area contributed by atoms with Gasteiger partial charge in [0.2, 0.25) is 11.8 Å². The fourth-order valence-electron chi connectivity index (χ4n) is 4.74. The number of pyridine rings is 1. The molecule has 1 fully saturated rings. The number of carbonyl (C=O) groups excluding carboxylic acids is 2. The standard InChI is InChI=1S/C26H27ClF3N5O3/c1-3-34-21(8-12-31-34)24(36)33-23(16-6-10-26(29,30)11-7-16)25(37)32-17-4-5-18(20(28)14-17)22-15(2)35(38)13-9-19(22)27/h4-5,8-9,12-14,16,23H,3,6-7,10-11H2,1-2H3,(H,32,37)(H,33,36). The molecule has 2 heterocycles. The zero-order valence-electron chi connectivity index (χ0n) is 20.8. The highest BCUT2D eigenvalue weighted by molar-refractivity contribution is 6.33. The molecular weight excluding hydrogens is 523 g/mol. The minimum absolute atomic E-state index is 0.0344. The van der Waals surface area contributed by atoms with Crippen LogP contribution in [0.5, 0.6) is 0 Å². The number of halogens is 4. The van der Waals surface area contributed by atoms with Gasteiger partial charge in [-0.15, -0.1) is 0 Å². The van der Waals surface area contributed by atoms with E-state index in [0.717, 1.165) is 6.07 Å². The molecule has 0 aliphatic heterocycles. The monoisotopic (exact) mass is 549 g/mol. The Morgan fingerprint density at radius 1 is 1.26 bits per heavy atom. The number of carbonyl (C=O) groups is 2. The highest BCUT2D eigenvalue weighted by Crippen LogP contribution is 2.38. The molecule has 12 heteroatoms. The van der Waals surface area contributed by atoms with Crippen LogP contribution in [0.2, 0.25) is 5.02 Å². The lowest BCUT2D eigenvalue weighted by Crippen LogP contribution is -2.50. The maximum Gasteiger partial charge on any atom is 0.270 e. The zero-order valence-corrected chi connectivity index (χ0v) is 21.6. The van der Waals surface area contributed by atoms with Gasteiger partial charge in [-0.05, 0) is 49.9 Å². The van der Waals surface area contributed by atoms with E-state index in [-0.39, 0.29) is 46.1 Å². The normalized spacial score (nSPS) is 16.2. The minimum atomic E-state index is -2.82. The van der Waals surface area contributed by atoms with Gasteiger partial charge in [-0.3, -0.25) is 14.3 Å². The Morgan fingerprint density at radius 3 is 2.63 bits per heavy atom. The van der Waals surface area contributed by atoms with Crippen LogP contribution in [-0.4, -0.2) is 33.6 Å². The van der Waals surface area contributed by atoms with Crippen LogP contribution in [0, 0.1) is 23.9 Å². The fraction of sp³-hybridized carbons (Fsp3) is 0.385. The Bertz CT molecular complexity index is 1350. The lowest BCUT2D eigenvalue weighted by atomic mass is 9.81. The molecule has 8 nitrogen and oxygen atoms in total. The summed E-state index contributed by atoms with van der Waals surface area (Å²) in [5, 5.41) is 21.5. The van der Waals surface area contributed by atoms with Gasteiger partial charge in [0.15, 0.2) is 11.9 Å². The van der Waals surface area contributed by atoms with E-state index in [4.69, 9.17) is 11.6 Å². The van der Waals surface area contributed by atoms with Crippen molar-refractivity contribution in [3.8, 4) is 11.1 Å². The Labute approximate surface area is 222 Å². The van der Waals surface area contributed by atoms with E-state index >= 15 is 4.39 Å². The highest BCUT2D eigenvalue weighted by Gasteiger charge is 2.40. The van der Waals surface area contributed by atoms with Crippen LogP contribution >= 0.6 is 11.6 Å². The number of nitrogens with zero attached hydrogens (tertiary/aromatic N) is 3. The maximum atomic E-state index is 15.1. The summed E-state index contributed by atoms with van der Waals surface area (Å²) < 4.78 is 44.8. The number of aromatic nitrogens is 3. The van der Waals surface area contributed by atoms with Gasteiger partial charge in [0.1, 0.15) is 17.6 Å². The third kappa shape index (κ3) is 5.77. The van der Waals surface area contributed by atoms with E-state index in [9.17, 15) is 23.6 Å². The molecule has 2 aromatic heterocycles. The largest absolute Gasteiger partial charge is 0.618 e. The summed E-state index contributed by atoms with van der Waals surface area (Å²) >= 11 is 6.20.